The SMILES string of the molecule is CN(C)CCCNC(=O)CNC(=O)c1ccc(F)cc1. The molecule has 0 unspecified atom stereocenters. The molecule has 0 saturated carbocycles. The van der Waals surface area contributed by atoms with Crippen molar-refractivity contribution in [2.75, 3.05) is 33.7 Å². The van der Waals surface area contributed by atoms with E-state index < -0.39 is 11.7 Å². The zero-order valence-electron chi connectivity index (χ0n) is 11.8. The topological polar surface area (TPSA) is 61.4 Å². The second-order valence-corrected chi connectivity index (χ2v) is 4.70. The van der Waals surface area contributed by atoms with E-state index in [1.807, 2.05) is 19.0 Å². The summed E-state index contributed by atoms with van der Waals surface area (Å²) in [5.41, 5.74) is 0.326. The third kappa shape index (κ3) is 6.29. The second kappa shape index (κ2) is 8.27. The molecule has 0 spiro atoms. The van der Waals surface area contributed by atoms with Crippen LogP contribution in [-0.4, -0.2) is 50.4 Å². The predicted octanol–water partition coefficient (Wildman–Crippen LogP) is 0.623. The van der Waals surface area contributed by atoms with E-state index in [9.17, 15) is 14.0 Å². The number of hydrogen-bond acceptors (Lipinski definition) is 3. The maximum atomic E-state index is 12.7. The third-order valence-corrected chi connectivity index (χ3v) is 2.62. The first-order valence-corrected chi connectivity index (χ1v) is 6.44. The Hall–Kier alpha value is -1.95. The lowest BCUT2D eigenvalue weighted by molar-refractivity contribution is -0.120. The number of benzene rings is 1. The van der Waals surface area contributed by atoms with E-state index in [1.54, 1.807) is 0 Å². The van der Waals surface area contributed by atoms with Crippen LogP contribution in [0.5, 0.6) is 0 Å². The van der Waals surface area contributed by atoms with Crippen molar-refractivity contribution in [1.29, 1.82) is 0 Å². The molecule has 1 rings (SSSR count). The number of hydrogen-bond donors (Lipinski definition) is 2. The maximum absolute atomic E-state index is 12.7. The lowest BCUT2D eigenvalue weighted by Crippen LogP contribution is -2.37. The average Bonchev–Trinajstić information content (AvgIpc) is 2.41. The van der Waals surface area contributed by atoms with Crippen molar-refractivity contribution in [3.05, 3.63) is 35.6 Å². The molecule has 0 aromatic heterocycles. The molecule has 0 heterocycles. The molecule has 1 aromatic rings. The van der Waals surface area contributed by atoms with Crippen LogP contribution in [0.25, 0.3) is 0 Å². The van der Waals surface area contributed by atoms with Gasteiger partial charge in [-0.3, -0.25) is 9.59 Å². The molecule has 2 amide bonds. The van der Waals surface area contributed by atoms with Gasteiger partial charge in [-0.05, 0) is 51.3 Å². The minimum Gasteiger partial charge on any atom is -0.355 e. The van der Waals surface area contributed by atoms with Crippen LogP contribution in [0.4, 0.5) is 4.39 Å². The van der Waals surface area contributed by atoms with Crippen molar-refractivity contribution >= 4 is 11.8 Å². The molecule has 0 bridgehead atoms. The number of amides is 2. The fourth-order valence-electron chi connectivity index (χ4n) is 1.55. The van der Waals surface area contributed by atoms with E-state index in [4.69, 9.17) is 0 Å². The van der Waals surface area contributed by atoms with Crippen LogP contribution in [0.2, 0.25) is 0 Å². The van der Waals surface area contributed by atoms with E-state index in [0.29, 0.717) is 12.1 Å². The molecule has 110 valence electrons. The zero-order chi connectivity index (χ0) is 15.0. The standard InChI is InChI=1S/C14H20FN3O2/c1-18(2)9-3-8-16-13(19)10-17-14(20)11-4-6-12(15)7-5-11/h4-7H,3,8-10H2,1-2H3,(H,16,19)(H,17,20). The van der Waals surface area contributed by atoms with Gasteiger partial charge in [0.15, 0.2) is 0 Å². The Labute approximate surface area is 118 Å². The fraction of sp³-hybridized carbons (Fsp3) is 0.429. The van der Waals surface area contributed by atoms with Crippen LogP contribution in [0, 0.1) is 5.82 Å². The highest BCUT2D eigenvalue weighted by atomic mass is 19.1. The van der Waals surface area contributed by atoms with Gasteiger partial charge in [-0.15, -0.1) is 0 Å². The van der Waals surface area contributed by atoms with Gasteiger partial charge in [0.1, 0.15) is 5.82 Å². The number of nitrogens with one attached hydrogen (secondary N) is 2. The maximum Gasteiger partial charge on any atom is 0.251 e. The molecular weight excluding hydrogens is 261 g/mol. The van der Waals surface area contributed by atoms with Gasteiger partial charge < -0.3 is 15.5 Å². The molecule has 0 atom stereocenters. The predicted molar refractivity (Wildman–Crippen MR) is 74.9 cm³/mol. The van der Waals surface area contributed by atoms with E-state index >= 15 is 0 Å². The molecule has 0 aliphatic rings. The Balaban J connectivity index is 2.23. The van der Waals surface area contributed by atoms with Crippen LogP contribution < -0.4 is 10.6 Å². The lowest BCUT2D eigenvalue weighted by atomic mass is 10.2. The first-order valence-electron chi connectivity index (χ1n) is 6.44. The van der Waals surface area contributed by atoms with Crippen molar-refractivity contribution < 1.29 is 14.0 Å². The first-order chi connectivity index (χ1) is 9.49. The highest BCUT2D eigenvalue weighted by Crippen LogP contribution is 2.01. The van der Waals surface area contributed by atoms with E-state index in [0.717, 1.165) is 13.0 Å². The van der Waals surface area contributed by atoms with E-state index in [1.165, 1.54) is 24.3 Å². The number of rotatable bonds is 7. The summed E-state index contributed by atoms with van der Waals surface area (Å²) in [7, 11) is 3.93. The molecule has 0 fully saturated rings. The third-order valence-electron chi connectivity index (χ3n) is 2.62. The minimum absolute atomic E-state index is 0.0851. The lowest BCUT2D eigenvalue weighted by Gasteiger charge is -2.10. The monoisotopic (exact) mass is 281 g/mol. The molecule has 6 heteroatoms. The van der Waals surface area contributed by atoms with Gasteiger partial charge in [0, 0.05) is 12.1 Å². The first kappa shape index (κ1) is 16.1. The molecule has 0 radical (unpaired) electrons. The Morgan fingerprint density at radius 2 is 1.80 bits per heavy atom. The normalized spacial score (nSPS) is 10.4. The summed E-state index contributed by atoms with van der Waals surface area (Å²) in [5, 5.41) is 5.20. The van der Waals surface area contributed by atoms with E-state index in [-0.39, 0.29) is 12.5 Å². The van der Waals surface area contributed by atoms with Crippen LogP contribution >= 0.6 is 0 Å². The van der Waals surface area contributed by atoms with Crippen molar-refractivity contribution in [1.82, 2.24) is 15.5 Å². The number of carbonyl (C=O) groups is 2. The number of carbonyl (C=O) groups excluding carboxylic acids is 2. The summed E-state index contributed by atoms with van der Waals surface area (Å²) in [6.45, 7) is 1.38. The number of nitrogens with zero attached hydrogens (tertiary/aromatic N) is 1. The molecule has 2 N–H and O–H groups in total. The Bertz CT molecular complexity index is 446. The summed E-state index contributed by atoms with van der Waals surface area (Å²) < 4.78 is 12.7. The highest BCUT2D eigenvalue weighted by molar-refractivity contribution is 5.96. The van der Waals surface area contributed by atoms with Crippen molar-refractivity contribution in [3.8, 4) is 0 Å². The fourth-order valence-corrected chi connectivity index (χ4v) is 1.55. The summed E-state index contributed by atoms with van der Waals surface area (Å²) >= 11 is 0. The van der Waals surface area contributed by atoms with Crippen molar-refractivity contribution in [2.24, 2.45) is 0 Å². The minimum atomic E-state index is -0.403. The molecule has 0 saturated heterocycles. The zero-order valence-corrected chi connectivity index (χ0v) is 11.8. The smallest absolute Gasteiger partial charge is 0.251 e. The Morgan fingerprint density at radius 1 is 1.15 bits per heavy atom. The van der Waals surface area contributed by atoms with Crippen molar-refractivity contribution in [2.45, 2.75) is 6.42 Å². The van der Waals surface area contributed by atoms with Crippen LogP contribution in [0.15, 0.2) is 24.3 Å². The van der Waals surface area contributed by atoms with Gasteiger partial charge in [-0.2, -0.15) is 0 Å². The quantitative estimate of drug-likeness (QED) is 0.720. The largest absolute Gasteiger partial charge is 0.355 e. The summed E-state index contributed by atoms with van der Waals surface area (Å²) in [4.78, 5) is 25.2. The van der Waals surface area contributed by atoms with Crippen LogP contribution in [-0.2, 0) is 4.79 Å². The molecule has 1 aromatic carbocycles. The second-order valence-electron chi connectivity index (χ2n) is 4.70. The van der Waals surface area contributed by atoms with Gasteiger partial charge in [0.05, 0.1) is 6.54 Å². The summed E-state index contributed by atoms with van der Waals surface area (Å²) in [6, 6.07) is 5.16. The Kier molecular flexibility index (Phi) is 6.66. The average molecular weight is 281 g/mol. The van der Waals surface area contributed by atoms with Gasteiger partial charge in [0.25, 0.3) is 5.91 Å². The van der Waals surface area contributed by atoms with Crippen LogP contribution in [0.3, 0.4) is 0 Å². The molecule has 0 aliphatic carbocycles. The van der Waals surface area contributed by atoms with Crippen LogP contribution in [0.1, 0.15) is 16.8 Å². The molecular formula is C14H20FN3O2. The van der Waals surface area contributed by atoms with Gasteiger partial charge >= 0.3 is 0 Å². The summed E-state index contributed by atoms with van der Waals surface area (Å²) in [6.07, 6.45) is 0.852. The highest BCUT2D eigenvalue weighted by Gasteiger charge is 2.07. The molecule has 0 aliphatic heterocycles. The molecule has 20 heavy (non-hydrogen) atoms. The van der Waals surface area contributed by atoms with Gasteiger partial charge in [-0.1, -0.05) is 0 Å². The number of halogens is 1. The van der Waals surface area contributed by atoms with Gasteiger partial charge in [-0.25, -0.2) is 4.39 Å². The summed E-state index contributed by atoms with van der Waals surface area (Å²) in [5.74, 6) is -1.03. The molecule has 5 nitrogen and oxygen atoms in total. The Morgan fingerprint density at radius 3 is 2.40 bits per heavy atom. The van der Waals surface area contributed by atoms with E-state index in [2.05, 4.69) is 10.6 Å². The van der Waals surface area contributed by atoms with Gasteiger partial charge in [0.2, 0.25) is 5.91 Å². The van der Waals surface area contributed by atoms with Crippen molar-refractivity contribution in [3.63, 3.8) is 0 Å².